The van der Waals surface area contributed by atoms with Gasteiger partial charge in [-0.3, -0.25) is 19.2 Å². The van der Waals surface area contributed by atoms with E-state index in [2.05, 4.69) is 11.4 Å². The Hall–Kier alpha value is -2.78. The Morgan fingerprint density at radius 3 is 2.50 bits per heavy atom. The molecule has 2 heterocycles. The van der Waals surface area contributed by atoms with Crippen LogP contribution in [0.2, 0.25) is 0 Å². The number of hydrogen-bond donors (Lipinski definition) is 0. The molecule has 1 saturated carbocycles. The first kappa shape index (κ1) is 17.3. The lowest BCUT2D eigenvalue weighted by atomic mass is 9.53. The highest BCUT2D eigenvalue weighted by Crippen LogP contribution is 2.71. The van der Waals surface area contributed by atoms with Crippen molar-refractivity contribution in [1.82, 2.24) is 0 Å². The molecular formula is C22H20N2O4. The van der Waals surface area contributed by atoms with E-state index in [4.69, 9.17) is 11.3 Å². The molecular weight excluding hydrogens is 356 g/mol. The zero-order valence-corrected chi connectivity index (χ0v) is 16.2. The van der Waals surface area contributed by atoms with E-state index in [1.807, 2.05) is 0 Å². The summed E-state index contributed by atoms with van der Waals surface area (Å²) in [5.74, 6) is -1.88. The predicted octanol–water partition coefficient (Wildman–Crippen LogP) is 2.37. The molecule has 5 rings (SSSR count). The number of carbonyl (C=O) groups is 3. The van der Waals surface area contributed by atoms with Crippen molar-refractivity contribution in [3.8, 4) is 0 Å². The zero-order chi connectivity index (χ0) is 20.4. The summed E-state index contributed by atoms with van der Waals surface area (Å²) in [5.41, 5.74) is -4.06. The number of ketones is 2. The van der Waals surface area contributed by atoms with Crippen molar-refractivity contribution in [2.75, 3.05) is 11.9 Å². The van der Waals surface area contributed by atoms with Crippen molar-refractivity contribution in [2.24, 2.45) is 16.7 Å². The SMILES string of the molecule is [C-]#[N+][C@]12C(=O)[C@H]3[C@@H](O[C@@]4(C(=O)N(C)c5cccc1c54)C3(C)C)C(=O)[C@@]2(C)C=C. The zero-order valence-electron chi connectivity index (χ0n) is 16.2. The molecule has 4 aliphatic rings. The van der Waals surface area contributed by atoms with Crippen LogP contribution < -0.4 is 4.90 Å². The van der Waals surface area contributed by atoms with E-state index < -0.39 is 34.0 Å². The molecule has 1 spiro atoms. The monoisotopic (exact) mass is 376 g/mol. The van der Waals surface area contributed by atoms with Crippen LogP contribution in [0.5, 0.6) is 0 Å². The standard InChI is InChI=1S/C22H20N2O4/c1-7-20(4)17(26)15-14-16(25)21(20,23-5)11-9-8-10-12-13(11)22(28-15,19(14,2)3)18(27)24(12)6/h7-10,14-15H,1H2,2-4,6H3/t14-,15-,20-,21+,22+/m1/s1. The normalized spacial score (nSPS) is 41.7. The van der Waals surface area contributed by atoms with Crippen molar-refractivity contribution in [2.45, 2.75) is 38.0 Å². The molecule has 28 heavy (non-hydrogen) atoms. The summed E-state index contributed by atoms with van der Waals surface area (Å²) < 4.78 is 6.32. The van der Waals surface area contributed by atoms with Gasteiger partial charge in [0.2, 0.25) is 5.78 Å². The van der Waals surface area contributed by atoms with Crippen LogP contribution in [-0.2, 0) is 30.3 Å². The number of nitrogens with zero attached hydrogens (tertiary/aromatic N) is 2. The van der Waals surface area contributed by atoms with Crippen molar-refractivity contribution in [3.05, 3.63) is 53.4 Å². The van der Waals surface area contributed by atoms with Crippen molar-refractivity contribution >= 4 is 23.2 Å². The molecule has 2 fully saturated rings. The second kappa shape index (κ2) is 4.44. The van der Waals surface area contributed by atoms with E-state index in [1.165, 1.54) is 11.0 Å². The van der Waals surface area contributed by atoms with Crippen LogP contribution in [-0.4, -0.2) is 30.6 Å². The van der Waals surface area contributed by atoms with Gasteiger partial charge in [-0.05, 0) is 19.1 Å². The summed E-state index contributed by atoms with van der Waals surface area (Å²) in [4.78, 5) is 46.5. The Bertz CT molecular complexity index is 1080. The number of anilines is 1. The maximum absolute atomic E-state index is 14.0. The highest BCUT2D eigenvalue weighted by molar-refractivity contribution is 6.17. The molecule has 2 aliphatic heterocycles. The molecule has 1 saturated heterocycles. The molecule has 1 aromatic rings. The van der Waals surface area contributed by atoms with E-state index in [-0.39, 0.29) is 17.5 Å². The molecule has 5 atom stereocenters. The molecule has 0 aromatic heterocycles. The number of hydrogen-bond acceptors (Lipinski definition) is 4. The molecule has 142 valence electrons. The van der Waals surface area contributed by atoms with Crippen LogP contribution in [0.3, 0.4) is 0 Å². The first-order valence-corrected chi connectivity index (χ1v) is 9.28. The predicted molar refractivity (Wildman–Crippen MR) is 100 cm³/mol. The van der Waals surface area contributed by atoms with Crippen LogP contribution in [0.4, 0.5) is 5.69 Å². The number of Topliss-reactive ketones (excluding diaryl/α,β-unsaturated/α-hetero) is 2. The fourth-order valence-electron chi connectivity index (χ4n) is 6.18. The van der Waals surface area contributed by atoms with E-state index in [9.17, 15) is 14.4 Å². The fraction of sp³-hybridized carbons (Fsp3) is 0.455. The molecule has 0 radical (unpaired) electrons. The van der Waals surface area contributed by atoms with Crippen molar-refractivity contribution in [1.29, 1.82) is 0 Å². The topological polar surface area (TPSA) is 68.0 Å². The van der Waals surface area contributed by atoms with E-state index in [0.29, 0.717) is 16.8 Å². The lowest BCUT2D eigenvalue weighted by molar-refractivity contribution is -0.166. The van der Waals surface area contributed by atoms with Gasteiger partial charge in [-0.2, -0.15) is 0 Å². The fourth-order valence-corrected chi connectivity index (χ4v) is 6.18. The quantitative estimate of drug-likeness (QED) is 0.557. The number of likely N-dealkylation sites (N-methyl/N-ethyl adjacent to an activating group) is 1. The summed E-state index contributed by atoms with van der Waals surface area (Å²) in [5, 5.41) is 0. The number of amides is 1. The first-order valence-electron chi connectivity index (χ1n) is 9.28. The van der Waals surface area contributed by atoms with Crippen LogP contribution in [0.1, 0.15) is 31.9 Å². The molecule has 0 N–H and O–H groups in total. The Morgan fingerprint density at radius 1 is 1.21 bits per heavy atom. The summed E-state index contributed by atoms with van der Waals surface area (Å²) in [6.45, 7) is 17.1. The van der Waals surface area contributed by atoms with Gasteiger partial charge >= 0.3 is 5.54 Å². The van der Waals surface area contributed by atoms with Gasteiger partial charge < -0.3 is 9.64 Å². The molecule has 0 unspecified atom stereocenters. The lowest BCUT2D eigenvalue weighted by Gasteiger charge is -2.44. The van der Waals surface area contributed by atoms with Gasteiger partial charge in [-0.25, -0.2) is 6.57 Å². The van der Waals surface area contributed by atoms with Crippen molar-refractivity contribution in [3.63, 3.8) is 0 Å². The summed E-state index contributed by atoms with van der Waals surface area (Å²) in [6.07, 6.45) is 0.334. The molecule has 6 heteroatoms. The Kier molecular flexibility index (Phi) is 2.75. The van der Waals surface area contributed by atoms with Gasteiger partial charge in [0.1, 0.15) is 11.5 Å². The van der Waals surface area contributed by atoms with Crippen LogP contribution in [0.25, 0.3) is 4.85 Å². The van der Waals surface area contributed by atoms with Gasteiger partial charge in [0.25, 0.3) is 5.91 Å². The number of ether oxygens (including phenoxy) is 1. The number of carbonyl (C=O) groups excluding carboxylic acids is 3. The summed E-state index contributed by atoms with van der Waals surface area (Å²) >= 11 is 0. The van der Waals surface area contributed by atoms with E-state index in [0.717, 1.165) is 0 Å². The number of benzene rings is 1. The second-order valence-corrected chi connectivity index (χ2v) is 8.94. The Labute approximate surface area is 163 Å². The third-order valence-corrected chi connectivity index (χ3v) is 7.78. The number of fused-ring (bicyclic) bond motifs is 2. The van der Waals surface area contributed by atoms with E-state index >= 15 is 0 Å². The van der Waals surface area contributed by atoms with Crippen LogP contribution >= 0.6 is 0 Å². The highest BCUT2D eigenvalue weighted by Gasteiger charge is 2.85. The third kappa shape index (κ3) is 1.24. The Morgan fingerprint density at radius 2 is 1.89 bits per heavy atom. The maximum Gasteiger partial charge on any atom is 0.330 e. The molecule has 2 aliphatic carbocycles. The molecule has 6 nitrogen and oxygen atoms in total. The largest absolute Gasteiger partial charge is 0.348 e. The van der Waals surface area contributed by atoms with Gasteiger partial charge in [-0.15, -0.1) is 6.58 Å². The van der Waals surface area contributed by atoms with Gasteiger partial charge in [0.15, 0.2) is 11.4 Å². The molecule has 1 aromatic carbocycles. The highest BCUT2D eigenvalue weighted by atomic mass is 16.5. The average molecular weight is 376 g/mol. The number of rotatable bonds is 1. The minimum absolute atomic E-state index is 0.295. The lowest BCUT2D eigenvalue weighted by Crippen LogP contribution is -2.64. The summed E-state index contributed by atoms with van der Waals surface area (Å²) in [6, 6.07) is 5.22. The van der Waals surface area contributed by atoms with Gasteiger partial charge in [-0.1, -0.05) is 26.0 Å². The van der Waals surface area contributed by atoms with Gasteiger partial charge in [0.05, 0.1) is 17.2 Å². The van der Waals surface area contributed by atoms with Crippen LogP contribution in [0.15, 0.2) is 30.9 Å². The molecule has 1 amide bonds. The van der Waals surface area contributed by atoms with Crippen molar-refractivity contribution < 1.29 is 19.1 Å². The average Bonchev–Trinajstić information content (AvgIpc) is 3.03. The molecule has 3 bridgehead atoms. The first-order chi connectivity index (χ1) is 13.1. The Balaban J connectivity index is 2.08. The second-order valence-electron chi connectivity index (χ2n) is 8.94. The summed E-state index contributed by atoms with van der Waals surface area (Å²) in [7, 11) is 1.66. The van der Waals surface area contributed by atoms with Crippen LogP contribution in [0, 0.1) is 23.3 Å². The van der Waals surface area contributed by atoms with E-state index in [1.54, 1.807) is 46.0 Å². The van der Waals surface area contributed by atoms with Gasteiger partial charge in [0, 0.05) is 18.0 Å². The third-order valence-electron chi connectivity index (χ3n) is 7.78. The minimum atomic E-state index is -1.76. The smallest absolute Gasteiger partial charge is 0.330 e. The minimum Gasteiger partial charge on any atom is -0.348 e. The maximum atomic E-state index is 14.0.